The van der Waals surface area contributed by atoms with Crippen LogP contribution in [0.15, 0.2) is 46.3 Å². The largest absolute Gasteiger partial charge is 0.472 e. The molecule has 13 nitrogen and oxygen atoms in total. The summed E-state index contributed by atoms with van der Waals surface area (Å²) in [5.74, 6) is 1.07. The van der Waals surface area contributed by atoms with E-state index in [4.69, 9.17) is 9.47 Å². The van der Waals surface area contributed by atoms with E-state index in [-0.39, 0.29) is 53.5 Å². The fourth-order valence-electron chi connectivity index (χ4n) is 4.48. The second-order valence-electron chi connectivity index (χ2n) is 9.15. The monoisotopic (exact) mass is 554 g/mol. The van der Waals surface area contributed by atoms with Crippen molar-refractivity contribution in [3.05, 3.63) is 52.7 Å². The summed E-state index contributed by atoms with van der Waals surface area (Å²) >= 11 is 0. The zero-order valence-corrected chi connectivity index (χ0v) is 22.7. The first-order valence-electron chi connectivity index (χ1n) is 12.6. The van der Waals surface area contributed by atoms with Crippen LogP contribution in [0.1, 0.15) is 19.5 Å². The molecule has 0 amide bonds. The normalized spacial score (nSPS) is 15.5. The van der Waals surface area contributed by atoms with Crippen LogP contribution in [0.25, 0.3) is 22.4 Å². The van der Waals surface area contributed by atoms with E-state index in [9.17, 15) is 13.2 Å². The third-order valence-corrected chi connectivity index (χ3v) is 8.35. The van der Waals surface area contributed by atoms with E-state index in [2.05, 4.69) is 30.1 Å². The molecule has 1 atom stereocenters. The van der Waals surface area contributed by atoms with Gasteiger partial charge in [0.1, 0.15) is 28.2 Å². The summed E-state index contributed by atoms with van der Waals surface area (Å²) in [5.41, 5.74) is 1.06. The molecule has 0 aliphatic carbocycles. The van der Waals surface area contributed by atoms with Crippen molar-refractivity contribution >= 4 is 26.9 Å². The number of fused-ring (bicyclic) bond motifs is 1. The number of nitrogens with one attached hydrogen (secondary N) is 2. The number of pyridine rings is 2. The number of H-pyrrole nitrogens is 2. The number of anilines is 1. The fourth-order valence-corrected chi connectivity index (χ4v) is 5.87. The lowest BCUT2D eigenvalue weighted by molar-refractivity contribution is 0.0893. The summed E-state index contributed by atoms with van der Waals surface area (Å²) in [7, 11) is -2.35. The first kappa shape index (κ1) is 26.7. The molecule has 4 aromatic heterocycles. The van der Waals surface area contributed by atoms with Crippen LogP contribution in [0.5, 0.6) is 5.88 Å². The number of aryl methyl sites for hydroxylation is 1. The van der Waals surface area contributed by atoms with Crippen molar-refractivity contribution in [2.45, 2.75) is 31.3 Å². The van der Waals surface area contributed by atoms with Crippen LogP contribution >= 0.6 is 0 Å². The molecule has 1 fully saturated rings. The second-order valence-corrected chi connectivity index (χ2v) is 11.1. The Morgan fingerprint density at radius 1 is 1.13 bits per heavy atom. The van der Waals surface area contributed by atoms with Gasteiger partial charge in [0.25, 0.3) is 5.56 Å². The maximum Gasteiger partial charge on any atom is 0.279 e. The smallest absolute Gasteiger partial charge is 0.279 e. The van der Waals surface area contributed by atoms with Gasteiger partial charge >= 0.3 is 0 Å². The van der Waals surface area contributed by atoms with Gasteiger partial charge < -0.3 is 19.4 Å². The van der Waals surface area contributed by atoms with Crippen LogP contribution in [-0.2, 0) is 21.2 Å². The lowest BCUT2D eigenvalue weighted by Crippen LogP contribution is -2.48. The maximum absolute atomic E-state index is 13.7. The third-order valence-electron chi connectivity index (χ3n) is 6.48. The van der Waals surface area contributed by atoms with Crippen LogP contribution < -0.4 is 15.2 Å². The number of nitrogens with zero attached hydrogens (tertiary/aromatic N) is 6. The quantitative estimate of drug-likeness (QED) is 0.311. The molecule has 0 radical (unpaired) electrons. The highest BCUT2D eigenvalue weighted by Gasteiger charge is 2.31. The third kappa shape index (κ3) is 5.35. The molecule has 1 saturated heterocycles. The number of sulfonamides is 1. The number of hydrogen-bond acceptors (Lipinski definition) is 10. The number of ether oxygens (including phenoxy) is 2. The summed E-state index contributed by atoms with van der Waals surface area (Å²) in [5, 5.41) is 6.89. The minimum absolute atomic E-state index is 0.0267. The number of aromatic nitrogens is 6. The average Bonchev–Trinajstić information content (AvgIpc) is 3.37. The molecule has 1 unspecified atom stereocenters. The highest BCUT2D eigenvalue weighted by Crippen LogP contribution is 2.31. The molecule has 1 aliphatic rings. The van der Waals surface area contributed by atoms with Gasteiger partial charge in [-0.3, -0.25) is 9.89 Å². The Bertz CT molecular complexity index is 1610. The summed E-state index contributed by atoms with van der Waals surface area (Å²) in [6.45, 7) is 5.56. The Labute approximate surface area is 225 Å². The Kier molecular flexibility index (Phi) is 7.59. The maximum atomic E-state index is 13.7. The topological polar surface area (TPSA) is 159 Å². The minimum atomic E-state index is -3.90. The Morgan fingerprint density at radius 2 is 1.92 bits per heavy atom. The molecule has 4 aromatic rings. The van der Waals surface area contributed by atoms with Gasteiger partial charge in [-0.2, -0.15) is 9.40 Å². The average molecular weight is 555 g/mol. The van der Waals surface area contributed by atoms with E-state index >= 15 is 0 Å². The number of piperazine rings is 1. The lowest BCUT2D eigenvalue weighted by atomic mass is 10.2. The predicted octanol–water partition coefficient (Wildman–Crippen LogP) is 1.59. The zero-order chi connectivity index (χ0) is 27.6. The molecule has 14 heteroatoms. The highest BCUT2D eigenvalue weighted by atomic mass is 32.2. The van der Waals surface area contributed by atoms with Gasteiger partial charge in [-0.05, 0) is 31.5 Å². The first-order valence-corrected chi connectivity index (χ1v) is 14.0. The summed E-state index contributed by atoms with van der Waals surface area (Å²) in [4.78, 5) is 30.9. The van der Waals surface area contributed by atoms with Crippen LogP contribution in [0.3, 0.4) is 0 Å². The van der Waals surface area contributed by atoms with Crippen molar-refractivity contribution in [3.63, 3.8) is 0 Å². The van der Waals surface area contributed by atoms with Crippen molar-refractivity contribution in [1.29, 1.82) is 0 Å². The Morgan fingerprint density at radius 3 is 2.62 bits per heavy atom. The van der Waals surface area contributed by atoms with Crippen LogP contribution in [0.2, 0.25) is 0 Å². The van der Waals surface area contributed by atoms with Crippen molar-refractivity contribution in [2.75, 3.05) is 44.8 Å². The molecule has 5 heterocycles. The molecule has 0 bridgehead atoms. The lowest BCUT2D eigenvalue weighted by Gasteiger charge is -2.34. The minimum Gasteiger partial charge on any atom is -0.472 e. The van der Waals surface area contributed by atoms with E-state index in [1.165, 1.54) is 16.6 Å². The molecule has 39 heavy (non-hydrogen) atoms. The molecular formula is C25H30N8O5S. The summed E-state index contributed by atoms with van der Waals surface area (Å²) in [6.07, 6.45) is 3.17. The molecule has 0 saturated carbocycles. The van der Waals surface area contributed by atoms with Gasteiger partial charge in [-0.1, -0.05) is 13.0 Å². The number of rotatable bonds is 9. The predicted molar refractivity (Wildman–Crippen MR) is 144 cm³/mol. The van der Waals surface area contributed by atoms with Gasteiger partial charge in [0.15, 0.2) is 5.52 Å². The van der Waals surface area contributed by atoms with Crippen LogP contribution in [-0.4, -0.2) is 88.9 Å². The van der Waals surface area contributed by atoms with E-state index in [1.807, 2.05) is 30.0 Å². The van der Waals surface area contributed by atoms with Crippen LogP contribution in [0, 0.1) is 0 Å². The van der Waals surface area contributed by atoms with Crippen molar-refractivity contribution in [1.82, 2.24) is 34.4 Å². The Hall–Kier alpha value is -3.88. The van der Waals surface area contributed by atoms with E-state index < -0.39 is 15.6 Å². The fraction of sp³-hybridized carbons (Fsp3) is 0.400. The van der Waals surface area contributed by atoms with Gasteiger partial charge in [0, 0.05) is 39.5 Å². The van der Waals surface area contributed by atoms with E-state index in [1.54, 1.807) is 20.2 Å². The first-order chi connectivity index (χ1) is 18.8. The summed E-state index contributed by atoms with van der Waals surface area (Å²) in [6, 6.07) is 7.09. The molecule has 0 aromatic carbocycles. The van der Waals surface area contributed by atoms with Crippen molar-refractivity contribution < 1.29 is 17.9 Å². The number of methoxy groups -OCH3 is 1. The van der Waals surface area contributed by atoms with Crippen molar-refractivity contribution in [3.8, 4) is 17.3 Å². The zero-order valence-electron chi connectivity index (χ0n) is 21.9. The molecule has 2 N–H and O–H groups in total. The second kappa shape index (κ2) is 11.1. The highest BCUT2D eigenvalue weighted by molar-refractivity contribution is 7.89. The SMILES string of the molecule is CCc1[nH]nc2c(=O)[nH]c(-c3cc(S(=O)(=O)N4CCN(c5ccccn5)CC4)cnc3OC(C)COC)nc12. The van der Waals surface area contributed by atoms with Gasteiger partial charge in [-0.25, -0.2) is 23.4 Å². The summed E-state index contributed by atoms with van der Waals surface area (Å²) < 4.78 is 39.9. The molecule has 5 rings (SSSR count). The van der Waals surface area contributed by atoms with Crippen molar-refractivity contribution in [2.24, 2.45) is 0 Å². The number of aromatic amines is 2. The number of hydrogen-bond donors (Lipinski definition) is 2. The standard InChI is InChI=1S/C25H30N8O5S/c1-4-19-21-22(31-30-19)24(34)29-23(28-21)18-13-17(14-27-25(18)38-16(2)15-37-3)39(35,36)33-11-9-32(10-12-33)20-7-5-6-8-26-20/h5-8,13-14,16H,4,9-12,15H2,1-3H3,(H,30,31)(H,28,29,34). The van der Waals surface area contributed by atoms with E-state index in [0.29, 0.717) is 30.7 Å². The molecule has 206 valence electrons. The molecular weight excluding hydrogens is 524 g/mol. The van der Waals surface area contributed by atoms with Gasteiger partial charge in [-0.15, -0.1) is 0 Å². The molecule has 1 aliphatic heterocycles. The molecule has 0 spiro atoms. The van der Waals surface area contributed by atoms with Crippen LogP contribution in [0.4, 0.5) is 5.82 Å². The van der Waals surface area contributed by atoms with Gasteiger partial charge in [0.05, 0.1) is 24.1 Å². The van der Waals surface area contributed by atoms with E-state index in [0.717, 1.165) is 5.82 Å². The van der Waals surface area contributed by atoms with Gasteiger partial charge in [0.2, 0.25) is 15.9 Å². The Balaban J connectivity index is 1.51.